The number of likely N-dealkylation sites (tertiary alicyclic amines) is 1. The minimum Gasteiger partial charge on any atom is -0.469 e. The van der Waals surface area contributed by atoms with Gasteiger partial charge in [0, 0.05) is 32.8 Å². The number of rotatable bonds is 4. The van der Waals surface area contributed by atoms with E-state index in [-0.39, 0.29) is 12.0 Å². The molecular weight excluding hydrogens is 308 g/mol. The van der Waals surface area contributed by atoms with Gasteiger partial charge in [-0.1, -0.05) is 19.3 Å². The molecule has 2 aliphatic heterocycles. The number of methoxy groups -OCH3 is 1. The summed E-state index contributed by atoms with van der Waals surface area (Å²) in [6, 6.07) is -0.0368. The molecule has 0 bridgehead atoms. The van der Waals surface area contributed by atoms with Crippen molar-refractivity contribution in [3.63, 3.8) is 0 Å². The highest BCUT2D eigenvalue weighted by Gasteiger charge is 2.41. The van der Waals surface area contributed by atoms with Crippen molar-refractivity contribution < 1.29 is 19.1 Å². The number of esters is 1. The molecule has 6 heteroatoms. The molecule has 2 atom stereocenters. The smallest absolute Gasteiger partial charge is 0.317 e. The summed E-state index contributed by atoms with van der Waals surface area (Å²) < 4.78 is 10.5. The first-order chi connectivity index (χ1) is 11.6. The maximum absolute atomic E-state index is 12.5. The first kappa shape index (κ1) is 17.5. The van der Waals surface area contributed by atoms with Crippen molar-refractivity contribution >= 4 is 12.0 Å². The van der Waals surface area contributed by atoms with E-state index in [0.29, 0.717) is 18.4 Å². The van der Waals surface area contributed by atoms with Gasteiger partial charge in [0.25, 0.3) is 0 Å². The molecule has 2 amide bonds. The number of hydrogen-bond donors (Lipinski definition) is 1. The molecule has 2 heterocycles. The van der Waals surface area contributed by atoms with Crippen LogP contribution in [0.2, 0.25) is 0 Å². The van der Waals surface area contributed by atoms with Crippen LogP contribution < -0.4 is 5.32 Å². The van der Waals surface area contributed by atoms with Crippen molar-refractivity contribution in [2.24, 2.45) is 17.3 Å². The second-order valence-electron chi connectivity index (χ2n) is 7.61. The van der Waals surface area contributed by atoms with Crippen LogP contribution in [0.25, 0.3) is 0 Å². The van der Waals surface area contributed by atoms with Crippen molar-refractivity contribution in [1.82, 2.24) is 10.2 Å². The standard InChI is InChI=1S/C18H30N2O4/c1-23-16(21)18(7-3-2-4-8-18)13-19-17(22)20-9-5-14(11-20)15-6-10-24-12-15/h14-15H,2-13H2,1H3,(H,19,22). The number of hydrogen-bond acceptors (Lipinski definition) is 4. The van der Waals surface area contributed by atoms with Gasteiger partial charge in [-0.25, -0.2) is 4.79 Å². The third kappa shape index (κ3) is 3.68. The number of amides is 2. The highest BCUT2D eigenvalue weighted by molar-refractivity contribution is 5.79. The van der Waals surface area contributed by atoms with Crippen LogP contribution in [0.1, 0.15) is 44.9 Å². The summed E-state index contributed by atoms with van der Waals surface area (Å²) in [6.07, 6.45) is 7.00. The Kier molecular flexibility index (Phi) is 5.64. The maximum atomic E-state index is 12.5. The topological polar surface area (TPSA) is 67.9 Å². The Hall–Kier alpha value is -1.30. The number of nitrogens with one attached hydrogen (secondary N) is 1. The lowest BCUT2D eigenvalue weighted by Crippen LogP contribution is -2.48. The molecule has 3 fully saturated rings. The quantitative estimate of drug-likeness (QED) is 0.798. The molecule has 1 saturated carbocycles. The van der Waals surface area contributed by atoms with Gasteiger partial charge >= 0.3 is 12.0 Å². The molecule has 2 saturated heterocycles. The molecule has 1 N–H and O–H groups in total. The Morgan fingerprint density at radius 2 is 2.00 bits per heavy atom. The molecule has 0 aromatic carbocycles. The average Bonchev–Trinajstić information content (AvgIpc) is 3.30. The largest absolute Gasteiger partial charge is 0.469 e. The van der Waals surface area contributed by atoms with E-state index in [4.69, 9.17) is 9.47 Å². The Morgan fingerprint density at radius 3 is 2.67 bits per heavy atom. The fraction of sp³-hybridized carbons (Fsp3) is 0.889. The predicted molar refractivity (Wildman–Crippen MR) is 89.5 cm³/mol. The molecular formula is C18H30N2O4. The Balaban J connectivity index is 1.51. The highest BCUT2D eigenvalue weighted by Crippen LogP contribution is 2.37. The van der Waals surface area contributed by atoms with Gasteiger partial charge in [0.2, 0.25) is 0 Å². The average molecular weight is 338 g/mol. The molecule has 24 heavy (non-hydrogen) atoms. The van der Waals surface area contributed by atoms with Gasteiger partial charge in [-0.2, -0.15) is 0 Å². The molecule has 0 aromatic heterocycles. The Bertz CT molecular complexity index is 456. The van der Waals surface area contributed by atoms with Crippen molar-refractivity contribution in [2.45, 2.75) is 44.9 Å². The van der Waals surface area contributed by atoms with E-state index < -0.39 is 5.41 Å². The van der Waals surface area contributed by atoms with E-state index in [1.165, 1.54) is 7.11 Å². The van der Waals surface area contributed by atoms with E-state index in [1.54, 1.807) is 0 Å². The molecule has 136 valence electrons. The molecule has 0 aromatic rings. The van der Waals surface area contributed by atoms with E-state index in [9.17, 15) is 9.59 Å². The van der Waals surface area contributed by atoms with Gasteiger partial charge in [-0.05, 0) is 37.5 Å². The lowest BCUT2D eigenvalue weighted by atomic mass is 9.74. The van der Waals surface area contributed by atoms with Crippen molar-refractivity contribution in [2.75, 3.05) is 40.0 Å². The molecule has 0 radical (unpaired) electrons. The zero-order valence-corrected chi connectivity index (χ0v) is 14.7. The third-order valence-electron chi connectivity index (χ3n) is 6.15. The molecule has 6 nitrogen and oxygen atoms in total. The maximum Gasteiger partial charge on any atom is 0.317 e. The lowest BCUT2D eigenvalue weighted by molar-refractivity contribution is -0.154. The van der Waals surface area contributed by atoms with Crippen LogP contribution in [0.3, 0.4) is 0 Å². The van der Waals surface area contributed by atoms with Crippen LogP contribution in [0.15, 0.2) is 0 Å². The van der Waals surface area contributed by atoms with Gasteiger partial charge in [-0.3, -0.25) is 4.79 Å². The Labute approximate surface area is 144 Å². The molecule has 1 aliphatic carbocycles. The van der Waals surface area contributed by atoms with E-state index >= 15 is 0 Å². The molecule has 2 unspecified atom stereocenters. The van der Waals surface area contributed by atoms with Crippen LogP contribution in [-0.2, 0) is 14.3 Å². The summed E-state index contributed by atoms with van der Waals surface area (Å²) in [7, 11) is 1.44. The van der Waals surface area contributed by atoms with Crippen LogP contribution in [0.5, 0.6) is 0 Å². The van der Waals surface area contributed by atoms with Crippen LogP contribution in [0, 0.1) is 17.3 Å². The summed E-state index contributed by atoms with van der Waals surface area (Å²) in [5.41, 5.74) is -0.527. The van der Waals surface area contributed by atoms with Crippen molar-refractivity contribution in [1.29, 1.82) is 0 Å². The summed E-state index contributed by atoms with van der Waals surface area (Å²) in [5, 5.41) is 3.02. The van der Waals surface area contributed by atoms with Gasteiger partial charge in [0.15, 0.2) is 0 Å². The third-order valence-corrected chi connectivity index (χ3v) is 6.15. The Morgan fingerprint density at radius 1 is 1.21 bits per heavy atom. The summed E-state index contributed by atoms with van der Waals surface area (Å²) in [4.78, 5) is 26.7. The van der Waals surface area contributed by atoms with E-state index in [0.717, 1.165) is 71.2 Å². The molecule has 0 spiro atoms. The highest BCUT2D eigenvalue weighted by atomic mass is 16.5. The predicted octanol–water partition coefficient (Wildman–Crippen LogP) is 2.18. The second-order valence-corrected chi connectivity index (χ2v) is 7.61. The van der Waals surface area contributed by atoms with Crippen LogP contribution >= 0.6 is 0 Å². The molecule has 3 aliphatic rings. The van der Waals surface area contributed by atoms with Crippen LogP contribution in [0.4, 0.5) is 4.79 Å². The van der Waals surface area contributed by atoms with Gasteiger partial charge in [0.05, 0.1) is 12.5 Å². The number of carbonyl (C=O) groups excluding carboxylic acids is 2. The number of nitrogens with zero attached hydrogens (tertiary/aromatic N) is 1. The van der Waals surface area contributed by atoms with Crippen LogP contribution in [-0.4, -0.2) is 56.9 Å². The first-order valence-electron chi connectivity index (χ1n) is 9.33. The van der Waals surface area contributed by atoms with Crippen molar-refractivity contribution in [3.8, 4) is 0 Å². The second kappa shape index (κ2) is 7.72. The fourth-order valence-corrected chi connectivity index (χ4v) is 4.54. The van der Waals surface area contributed by atoms with Gasteiger partial charge in [-0.15, -0.1) is 0 Å². The van der Waals surface area contributed by atoms with E-state index in [1.807, 2.05) is 4.90 Å². The number of urea groups is 1. The SMILES string of the molecule is COC(=O)C1(CNC(=O)N2CCC(C3CCOC3)C2)CCCCC1. The summed E-state index contributed by atoms with van der Waals surface area (Å²) >= 11 is 0. The summed E-state index contributed by atoms with van der Waals surface area (Å²) in [5.74, 6) is 0.981. The van der Waals surface area contributed by atoms with Gasteiger partial charge in [0.1, 0.15) is 0 Å². The van der Waals surface area contributed by atoms with Crippen molar-refractivity contribution in [3.05, 3.63) is 0 Å². The zero-order valence-electron chi connectivity index (χ0n) is 14.7. The van der Waals surface area contributed by atoms with Gasteiger partial charge < -0.3 is 19.7 Å². The monoisotopic (exact) mass is 338 g/mol. The zero-order chi connectivity index (χ0) is 17.0. The number of carbonyl (C=O) groups is 2. The first-order valence-corrected chi connectivity index (χ1v) is 9.33. The summed E-state index contributed by atoms with van der Waals surface area (Å²) in [6.45, 7) is 3.70. The number of ether oxygens (including phenoxy) is 2. The minimum absolute atomic E-state index is 0.0368. The lowest BCUT2D eigenvalue weighted by Gasteiger charge is -2.35. The fourth-order valence-electron chi connectivity index (χ4n) is 4.54. The normalized spacial score (nSPS) is 29.5. The molecule has 3 rings (SSSR count). The minimum atomic E-state index is -0.527. The van der Waals surface area contributed by atoms with E-state index in [2.05, 4.69) is 5.32 Å².